The first-order chi connectivity index (χ1) is 18.8. The van der Waals surface area contributed by atoms with E-state index < -0.39 is 0 Å². The molecular formula is C32H32N6+2. The maximum absolute atomic E-state index is 4.87. The highest BCUT2D eigenvalue weighted by Gasteiger charge is 2.07. The normalized spacial score (nSPS) is 15.9. The van der Waals surface area contributed by atoms with Crippen LogP contribution < -0.4 is 19.8 Å². The molecule has 0 spiro atoms. The molecule has 1 aliphatic heterocycles. The molecule has 0 atom stereocenters. The van der Waals surface area contributed by atoms with Crippen LogP contribution in [0.4, 0.5) is 22.7 Å². The van der Waals surface area contributed by atoms with E-state index in [0.29, 0.717) is 0 Å². The summed E-state index contributed by atoms with van der Waals surface area (Å²) in [4.78, 5) is 9.74. The zero-order valence-electron chi connectivity index (χ0n) is 21.3. The van der Waals surface area contributed by atoms with Crippen LogP contribution >= 0.6 is 0 Å². The van der Waals surface area contributed by atoms with Crippen molar-refractivity contribution in [3.05, 3.63) is 133 Å². The van der Waals surface area contributed by atoms with E-state index in [4.69, 9.17) is 9.98 Å². The third-order valence-electron chi connectivity index (χ3n) is 6.25. The first kappa shape index (κ1) is 24.8. The second-order valence-electron chi connectivity index (χ2n) is 9.00. The van der Waals surface area contributed by atoms with Crippen LogP contribution in [-0.4, -0.2) is 12.4 Å². The predicted octanol–water partition coefficient (Wildman–Crippen LogP) is 6.15. The number of aryl methyl sites for hydroxylation is 2. The molecule has 6 heteroatoms. The number of rotatable bonds is 6. The quantitative estimate of drug-likeness (QED) is 0.312. The Labute approximate surface area is 224 Å². The number of pyridine rings is 2. The van der Waals surface area contributed by atoms with Gasteiger partial charge in [0.2, 0.25) is 0 Å². The summed E-state index contributed by atoms with van der Waals surface area (Å²) in [6, 6.07) is 28.5. The molecule has 0 aliphatic carbocycles. The SMILES string of the molecule is C1=Nc2ccccc2N/C=C(\CC[n+]2ccccc2)C=Nc2ccccc2N/C=C/1CC[n+]1ccccc1. The molecule has 0 unspecified atom stereocenters. The van der Waals surface area contributed by atoms with E-state index in [1.807, 2.05) is 110 Å². The molecule has 2 N–H and O–H groups in total. The van der Waals surface area contributed by atoms with Crippen LogP contribution in [0.1, 0.15) is 12.8 Å². The van der Waals surface area contributed by atoms with E-state index in [0.717, 1.165) is 59.8 Å². The molecule has 0 radical (unpaired) electrons. The first-order valence-electron chi connectivity index (χ1n) is 12.9. The number of hydrogen-bond donors (Lipinski definition) is 2. The van der Waals surface area contributed by atoms with Gasteiger partial charge in [-0.1, -0.05) is 36.4 Å². The van der Waals surface area contributed by atoms with Gasteiger partial charge in [0.05, 0.1) is 22.7 Å². The minimum absolute atomic E-state index is 0.827. The summed E-state index contributed by atoms with van der Waals surface area (Å²) >= 11 is 0. The number of hydrogen-bond acceptors (Lipinski definition) is 4. The maximum atomic E-state index is 4.87. The second-order valence-corrected chi connectivity index (χ2v) is 9.00. The van der Waals surface area contributed by atoms with Crippen molar-refractivity contribution in [2.75, 3.05) is 10.6 Å². The van der Waals surface area contributed by atoms with Crippen LogP contribution in [0.2, 0.25) is 0 Å². The Bertz CT molecular complexity index is 1340. The zero-order chi connectivity index (χ0) is 25.8. The van der Waals surface area contributed by atoms with E-state index in [-0.39, 0.29) is 0 Å². The number of benzene rings is 2. The van der Waals surface area contributed by atoms with Gasteiger partial charge in [-0.2, -0.15) is 0 Å². The molecule has 0 saturated carbocycles. The molecular weight excluding hydrogens is 468 g/mol. The monoisotopic (exact) mass is 500 g/mol. The Balaban J connectivity index is 1.45. The number of aromatic nitrogens is 2. The third-order valence-corrected chi connectivity index (χ3v) is 6.25. The first-order valence-corrected chi connectivity index (χ1v) is 12.9. The van der Waals surface area contributed by atoms with E-state index >= 15 is 0 Å². The Morgan fingerprint density at radius 1 is 0.500 bits per heavy atom. The van der Waals surface area contributed by atoms with Gasteiger partial charge < -0.3 is 10.6 Å². The fourth-order valence-electron chi connectivity index (χ4n) is 4.09. The number of nitrogens with zero attached hydrogens (tertiary/aromatic N) is 4. The molecule has 0 fully saturated rings. The lowest BCUT2D eigenvalue weighted by Gasteiger charge is -2.10. The average molecular weight is 501 g/mol. The largest absolute Gasteiger partial charge is 0.360 e. The van der Waals surface area contributed by atoms with Crippen molar-refractivity contribution < 1.29 is 9.13 Å². The fourth-order valence-corrected chi connectivity index (χ4v) is 4.09. The van der Waals surface area contributed by atoms with E-state index in [1.54, 1.807) is 0 Å². The Kier molecular flexibility index (Phi) is 8.44. The molecule has 188 valence electrons. The molecule has 0 bridgehead atoms. The summed E-state index contributed by atoms with van der Waals surface area (Å²) in [5.74, 6) is 0. The Hall–Kier alpha value is -4.84. The molecule has 2 aromatic carbocycles. The van der Waals surface area contributed by atoms with Crippen LogP contribution in [0.25, 0.3) is 0 Å². The number of anilines is 2. The number of allylic oxidation sites excluding steroid dienone is 2. The van der Waals surface area contributed by atoms with Crippen LogP contribution in [-0.2, 0) is 13.1 Å². The molecule has 6 nitrogen and oxygen atoms in total. The summed E-state index contributed by atoms with van der Waals surface area (Å²) in [6.07, 6.45) is 17.9. The van der Waals surface area contributed by atoms with E-state index in [9.17, 15) is 0 Å². The number of fused-ring (bicyclic) bond motifs is 2. The van der Waals surface area contributed by atoms with Gasteiger partial charge in [-0.15, -0.1) is 0 Å². The van der Waals surface area contributed by atoms with Crippen molar-refractivity contribution >= 4 is 35.2 Å². The van der Waals surface area contributed by atoms with Crippen LogP contribution in [0, 0.1) is 0 Å². The minimum atomic E-state index is 0.827. The third kappa shape index (κ3) is 7.11. The van der Waals surface area contributed by atoms with Crippen LogP contribution in [0.3, 0.4) is 0 Å². The smallest absolute Gasteiger partial charge is 0.168 e. The molecule has 5 rings (SSSR count). The van der Waals surface area contributed by atoms with Gasteiger partial charge >= 0.3 is 0 Å². The second kappa shape index (κ2) is 12.9. The van der Waals surface area contributed by atoms with Crippen molar-refractivity contribution in [2.24, 2.45) is 9.98 Å². The van der Waals surface area contributed by atoms with Crippen molar-refractivity contribution in [2.45, 2.75) is 25.9 Å². The van der Waals surface area contributed by atoms with Crippen molar-refractivity contribution in [1.82, 2.24) is 0 Å². The zero-order valence-corrected chi connectivity index (χ0v) is 21.3. The summed E-state index contributed by atoms with van der Waals surface area (Å²) in [5.41, 5.74) is 5.83. The number of para-hydroxylation sites is 4. The highest BCUT2D eigenvalue weighted by Crippen LogP contribution is 2.27. The number of aliphatic imine (C=N–C) groups is 2. The summed E-state index contributed by atoms with van der Waals surface area (Å²) < 4.78 is 4.35. The molecule has 38 heavy (non-hydrogen) atoms. The van der Waals surface area contributed by atoms with Crippen molar-refractivity contribution in [3.63, 3.8) is 0 Å². The van der Waals surface area contributed by atoms with Gasteiger partial charge in [0.1, 0.15) is 0 Å². The maximum Gasteiger partial charge on any atom is 0.168 e. The predicted molar refractivity (Wildman–Crippen MR) is 155 cm³/mol. The lowest BCUT2D eigenvalue weighted by molar-refractivity contribution is -0.696. The van der Waals surface area contributed by atoms with E-state index in [1.165, 1.54) is 0 Å². The highest BCUT2D eigenvalue weighted by molar-refractivity contribution is 5.87. The average Bonchev–Trinajstić information content (AvgIpc) is 2.98. The summed E-state index contributed by atoms with van der Waals surface area (Å²) in [7, 11) is 0. The summed E-state index contributed by atoms with van der Waals surface area (Å²) in [5, 5.41) is 6.97. The molecule has 4 aromatic rings. The van der Waals surface area contributed by atoms with Gasteiger partial charge in [-0.25, -0.2) is 9.13 Å². The molecule has 2 aromatic heterocycles. The topological polar surface area (TPSA) is 56.5 Å². The van der Waals surface area contributed by atoms with Gasteiger partial charge in [0.25, 0.3) is 0 Å². The van der Waals surface area contributed by atoms with Crippen molar-refractivity contribution in [1.29, 1.82) is 0 Å². The standard InChI is InChI=1S/C32H32N6/c1-7-17-37(18-8-1)21-15-27-23-33-29-11-3-5-13-31(29)35-25-28(16-22-38-19-9-2-10-20-38)26-36-32-14-6-4-12-30(32)34-24-27/h1-14,17-20,23-26,33,36H,15-16,21-22H2/q+2/b27-23+,28-26+,34-24?,35-25?. The van der Waals surface area contributed by atoms with E-state index in [2.05, 4.69) is 44.6 Å². The Morgan fingerprint density at radius 3 is 1.37 bits per heavy atom. The van der Waals surface area contributed by atoms with Gasteiger partial charge in [-0.3, -0.25) is 9.98 Å². The summed E-state index contributed by atoms with van der Waals surface area (Å²) in [6.45, 7) is 1.71. The lowest BCUT2D eigenvalue weighted by atomic mass is 10.2. The van der Waals surface area contributed by atoms with Gasteiger partial charge in [0.15, 0.2) is 37.9 Å². The van der Waals surface area contributed by atoms with Gasteiger partial charge in [-0.05, 0) is 35.4 Å². The molecule has 1 aliphatic rings. The molecule has 3 heterocycles. The minimum Gasteiger partial charge on any atom is -0.360 e. The van der Waals surface area contributed by atoms with Gasteiger partial charge in [0, 0.05) is 61.9 Å². The number of nitrogens with one attached hydrogen (secondary N) is 2. The highest BCUT2D eigenvalue weighted by atomic mass is 14.9. The lowest BCUT2D eigenvalue weighted by Crippen LogP contribution is -2.32. The van der Waals surface area contributed by atoms with Crippen molar-refractivity contribution in [3.8, 4) is 0 Å². The van der Waals surface area contributed by atoms with Crippen LogP contribution in [0.15, 0.2) is 143 Å². The van der Waals surface area contributed by atoms with Crippen LogP contribution in [0.5, 0.6) is 0 Å². The molecule has 0 saturated heterocycles. The fraction of sp³-hybridized carbons (Fsp3) is 0.125. The Morgan fingerprint density at radius 2 is 0.921 bits per heavy atom. The molecule has 0 amide bonds.